The first-order valence-corrected chi connectivity index (χ1v) is 19.2. The number of hydrogen-bond acceptors (Lipinski definition) is 7. The third-order valence-electron chi connectivity index (χ3n) is 12.3. The Balaban J connectivity index is 0.00000627. The maximum atomic E-state index is 14.6. The largest absolute Gasteiger partial charge is 0.347 e. The van der Waals surface area contributed by atoms with Crippen LogP contribution in [0.15, 0.2) is 0 Å². The molecular weight excluding hydrogens is 697 g/mol. The monoisotopic (exact) mass is 760 g/mol. The van der Waals surface area contributed by atoms with E-state index in [1.807, 2.05) is 62.3 Å². The average Bonchev–Trinajstić information content (AvgIpc) is 3.95. The van der Waals surface area contributed by atoms with Crippen LogP contribution in [0.25, 0.3) is 0 Å². The first kappa shape index (κ1) is 42.6. The minimum Gasteiger partial charge on any atom is -0.347 e. The molecule has 13 nitrogen and oxygen atoms in total. The van der Waals surface area contributed by atoms with Crippen molar-refractivity contribution < 1.29 is 33.6 Å². The molecule has 7 atom stereocenters. The molecule has 7 amide bonds. The number of likely N-dealkylation sites (tertiary alicyclic amines) is 2. The first-order valence-electron chi connectivity index (χ1n) is 19.2. The van der Waals surface area contributed by atoms with Gasteiger partial charge in [0.1, 0.15) is 17.6 Å². The highest BCUT2D eigenvalue weighted by atomic mass is 32.1. The van der Waals surface area contributed by atoms with E-state index < -0.39 is 69.4 Å². The van der Waals surface area contributed by atoms with Crippen LogP contribution < -0.4 is 21.3 Å². The molecule has 0 radical (unpaired) electrons. The van der Waals surface area contributed by atoms with Gasteiger partial charge in [0.25, 0.3) is 5.91 Å². The maximum absolute atomic E-state index is 14.6. The number of amides is 7. The smallest absolute Gasteiger partial charge is 0.315 e. The summed E-state index contributed by atoms with van der Waals surface area (Å²) in [7, 11) is 0. The zero-order chi connectivity index (χ0) is 38.9. The fourth-order valence-corrected chi connectivity index (χ4v) is 8.58. The Morgan fingerprint density at radius 2 is 1.47 bits per heavy atom. The van der Waals surface area contributed by atoms with Crippen molar-refractivity contribution in [3.05, 3.63) is 0 Å². The molecule has 298 valence electrons. The van der Waals surface area contributed by atoms with Crippen LogP contribution >= 0.6 is 13.5 Å². The highest BCUT2D eigenvalue weighted by Crippen LogP contribution is 2.65. The molecule has 2 aliphatic heterocycles. The van der Waals surface area contributed by atoms with Gasteiger partial charge in [0.15, 0.2) is 0 Å². The number of hydrogen-bond donors (Lipinski definition) is 4. The first-order chi connectivity index (χ1) is 23.8. The molecule has 0 spiro atoms. The standard InChI is InChI=1S/C39H62N6O7.H2S/c1-12-13-21-16-39(21,30(48)32(50)40-22-14-15-22)43-31(49)28-27-23(38(27,10)11)19-45(28)33(51)29(36(5,6)7)42-34(52)41-24(35(2,3)4)20-44-25(46)17-37(8,9)18-26(44)47;/h21-24,27-29H,12-20H2,1-11H3,(H,40,50)(H,43,49)(H2,41,42,52);1H2/t21-,23-,24+,27-,28-,29+,39-;/m0./s1. The van der Waals surface area contributed by atoms with Gasteiger partial charge >= 0.3 is 6.03 Å². The van der Waals surface area contributed by atoms with Crippen molar-refractivity contribution in [1.82, 2.24) is 31.1 Å². The zero-order valence-electron chi connectivity index (χ0n) is 33.7. The van der Waals surface area contributed by atoms with Crippen molar-refractivity contribution in [2.24, 2.45) is 39.4 Å². The van der Waals surface area contributed by atoms with Gasteiger partial charge in [-0.3, -0.25) is 33.7 Å². The molecule has 0 aromatic heterocycles. The Labute approximate surface area is 322 Å². The van der Waals surface area contributed by atoms with Crippen LogP contribution in [0, 0.1) is 39.4 Å². The number of nitrogens with zero attached hydrogens (tertiary/aromatic N) is 2. The summed E-state index contributed by atoms with van der Waals surface area (Å²) in [6.45, 7) is 21.5. The molecule has 2 saturated heterocycles. The number of carbonyl (C=O) groups is 7. The quantitative estimate of drug-likeness (QED) is 0.174. The van der Waals surface area contributed by atoms with Gasteiger partial charge in [-0.15, -0.1) is 0 Å². The van der Waals surface area contributed by atoms with Gasteiger partial charge in [0.2, 0.25) is 29.4 Å². The van der Waals surface area contributed by atoms with E-state index in [1.165, 1.54) is 4.90 Å². The fourth-order valence-electron chi connectivity index (χ4n) is 8.58. The van der Waals surface area contributed by atoms with E-state index in [4.69, 9.17) is 0 Å². The molecule has 5 rings (SSSR count). The Morgan fingerprint density at radius 3 is 1.98 bits per heavy atom. The molecule has 0 aromatic carbocycles. The maximum Gasteiger partial charge on any atom is 0.315 e. The van der Waals surface area contributed by atoms with E-state index >= 15 is 0 Å². The second-order valence-electron chi connectivity index (χ2n) is 19.9. The normalized spacial score (nSPS) is 29.6. The summed E-state index contributed by atoms with van der Waals surface area (Å²) in [5.41, 5.74) is -3.22. The van der Waals surface area contributed by atoms with Crippen molar-refractivity contribution in [2.75, 3.05) is 13.1 Å². The van der Waals surface area contributed by atoms with Crippen molar-refractivity contribution in [3.8, 4) is 0 Å². The van der Waals surface area contributed by atoms with Crippen molar-refractivity contribution >= 4 is 54.8 Å². The third-order valence-corrected chi connectivity index (χ3v) is 12.3. The van der Waals surface area contributed by atoms with E-state index in [9.17, 15) is 33.6 Å². The van der Waals surface area contributed by atoms with Gasteiger partial charge in [0, 0.05) is 32.0 Å². The lowest BCUT2D eigenvalue weighted by Gasteiger charge is -2.41. The number of rotatable bonds is 12. The molecule has 53 heavy (non-hydrogen) atoms. The van der Waals surface area contributed by atoms with Crippen molar-refractivity contribution in [3.63, 3.8) is 0 Å². The minimum absolute atomic E-state index is 0. The summed E-state index contributed by atoms with van der Waals surface area (Å²) in [5.74, 6) is -2.93. The lowest BCUT2D eigenvalue weighted by molar-refractivity contribution is -0.153. The molecule has 5 aliphatic rings. The van der Waals surface area contributed by atoms with E-state index in [2.05, 4.69) is 35.1 Å². The number of nitrogens with one attached hydrogen (secondary N) is 4. The Hall–Kier alpha value is -3.16. The van der Waals surface area contributed by atoms with Gasteiger partial charge in [-0.2, -0.15) is 13.5 Å². The number of urea groups is 1. The van der Waals surface area contributed by atoms with Gasteiger partial charge < -0.3 is 26.2 Å². The number of carbonyl (C=O) groups excluding carboxylic acids is 7. The number of imide groups is 1. The average molecular weight is 761 g/mol. The van der Waals surface area contributed by atoms with Crippen molar-refractivity contribution in [1.29, 1.82) is 0 Å². The second-order valence-corrected chi connectivity index (χ2v) is 19.9. The van der Waals surface area contributed by atoms with Crippen LogP contribution in [-0.2, 0) is 28.8 Å². The van der Waals surface area contributed by atoms with Crippen LogP contribution in [0.1, 0.15) is 121 Å². The van der Waals surface area contributed by atoms with Crippen LogP contribution in [0.4, 0.5) is 4.79 Å². The minimum atomic E-state index is -1.28. The summed E-state index contributed by atoms with van der Waals surface area (Å²) in [4.78, 5) is 97.9. The molecule has 2 heterocycles. The van der Waals surface area contributed by atoms with Crippen LogP contribution in [-0.4, -0.2) is 93.9 Å². The molecule has 4 N–H and O–H groups in total. The summed E-state index contributed by atoms with van der Waals surface area (Å²) in [5, 5.41) is 11.6. The summed E-state index contributed by atoms with van der Waals surface area (Å²) in [6, 6.07) is -3.14. The Morgan fingerprint density at radius 1 is 0.887 bits per heavy atom. The topological polar surface area (TPSA) is 174 Å². The number of piperidine rings is 2. The summed E-state index contributed by atoms with van der Waals surface area (Å²) < 4.78 is 0. The van der Waals surface area contributed by atoms with Gasteiger partial charge in [0.05, 0.1) is 6.04 Å². The number of ketones is 1. The molecule has 3 saturated carbocycles. The number of Topliss-reactive ketones (excluding diaryl/α,β-unsaturated/α-hetero) is 1. The zero-order valence-corrected chi connectivity index (χ0v) is 34.7. The van der Waals surface area contributed by atoms with E-state index in [0.717, 1.165) is 19.3 Å². The Bertz CT molecular complexity index is 1510. The summed E-state index contributed by atoms with van der Waals surface area (Å²) in [6.07, 6.45) is 4.00. The van der Waals surface area contributed by atoms with E-state index in [0.29, 0.717) is 19.4 Å². The van der Waals surface area contributed by atoms with Gasteiger partial charge in [-0.05, 0) is 65.1 Å². The van der Waals surface area contributed by atoms with Crippen LogP contribution in [0.3, 0.4) is 0 Å². The Kier molecular flexibility index (Phi) is 11.6. The molecule has 0 bridgehead atoms. The highest BCUT2D eigenvalue weighted by molar-refractivity contribution is 7.59. The molecule has 3 aliphatic carbocycles. The fraction of sp³-hybridized carbons (Fsp3) is 0.821. The summed E-state index contributed by atoms with van der Waals surface area (Å²) >= 11 is 0. The molecule has 0 aromatic rings. The van der Waals surface area contributed by atoms with Gasteiger partial charge in [-0.1, -0.05) is 82.6 Å². The lowest BCUT2D eigenvalue weighted by Crippen LogP contribution is -2.63. The van der Waals surface area contributed by atoms with Gasteiger partial charge in [-0.25, -0.2) is 4.79 Å². The van der Waals surface area contributed by atoms with E-state index in [1.54, 1.807) is 4.90 Å². The molecule has 14 heteroatoms. The van der Waals surface area contributed by atoms with E-state index in [-0.39, 0.29) is 73.9 Å². The second kappa shape index (κ2) is 14.5. The van der Waals surface area contributed by atoms with Crippen LogP contribution in [0.2, 0.25) is 0 Å². The lowest BCUT2D eigenvalue weighted by atomic mass is 9.80. The highest BCUT2D eigenvalue weighted by Gasteiger charge is 2.71. The van der Waals surface area contributed by atoms with Crippen LogP contribution in [0.5, 0.6) is 0 Å². The third kappa shape index (κ3) is 8.72. The SMILES string of the molecule is CCC[C@H]1C[C@@]1(NC(=O)[C@@H]1[C@@H]2[C@H](CN1C(=O)[C@@H](NC(=O)N[C@H](CN1C(=O)CC(C)(C)CC1=O)C(C)(C)C)C(C)(C)C)C2(C)C)C(=O)C(=O)NC1CC1.S. The van der Waals surface area contributed by atoms with Crippen molar-refractivity contribution in [2.45, 2.75) is 151 Å². The molecule has 5 fully saturated rings. The predicted molar refractivity (Wildman–Crippen MR) is 205 cm³/mol. The molecule has 0 unspecified atom stereocenters. The molecular formula is C39H64N6O7S. The predicted octanol–water partition coefficient (Wildman–Crippen LogP) is 3.41. The number of fused-ring (bicyclic) bond motifs is 1.